The number of nitrogens with one attached hydrogen (secondary N) is 2. The summed E-state index contributed by atoms with van der Waals surface area (Å²) in [4.78, 5) is 18.0. The summed E-state index contributed by atoms with van der Waals surface area (Å²) in [6, 6.07) is 20.2. The van der Waals surface area contributed by atoms with Gasteiger partial charge in [-0.2, -0.15) is 0 Å². The lowest BCUT2D eigenvalue weighted by Gasteiger charge is -2.13. The summed E-state index contributed by atoms with van der Waals surface area (Å²) < 4.78 is 5.29. The Morgan fingerprint density at radius 2 is 1.72 bits per heavy atom. The summed E-state index contributed by atoms with van der Waals surface area (Å²) in [6.45, 7) is 1.39. The molecule has 7 heteroatoms. The maximum atomic E-state index is 12.1. The third-order valence-electron chi connectivity index (χ3n) is 5.08. The fourth-order valence-electron chi connectivity index (χ4n) is 3.36. The SMILES string of the molecule is CN=C(NCCc1cccc(C(=O)N(C)C)c1)NCc1ccc2cc(OC)ccc2c1.I. The molecule has 0 saturated heterocycles. The van der Waals surface area contributed by atoms with E-state index < -0.39 is 0 Å². The number of methoxy groups -OCH3 is 1. The van der Waals surface area contributed by atoms with Crippen molar-refractivity contribution in [1.29, 1.82) is 0 Å². The van der Waals surface area contributed by atoms with Crippen LogP contribution >= 0.6 is 24.0 Å². The van der Waals surface area contributed by atoms with Crippen LogP contribution in [-0.4, -0.2) is 51.6 Å². The maximum absolute atomic E-state index is 12.1. The molecule has 0 aliphatic rings. The van der Waals surface area contributed by atoms with E-state index in [1.54, 1.807) is 33.2 Å². The van der Waals surface area contributed by atoms with Gasteiger partial charge in [0.05, 0.1) is 7.11 Å². The van der Waals surface area contributed by atoms with Gasteiger partial charge in [0.2, 0.25) is 0 Å². The Morgan fingerprint density at radius 1 is 0.969 bits per heavy atom. The summed E-state index contributed by atoms with van der Waals surface area (Å²) in [6.07, 6.45) is 0.799. The number of rotatable bonds is 7. The number of amides is 1. The highest BCUT2D eigenvalue weighted by Gasteiger charge is 2.08. The highest BCUT2D eigenvalue weighted by atomic mass is 127. The summed E-state index contributed by atoms with van der Waals surface area (Å²) in [5, 5.41) is 9.03. The zero-order valence-electron chi connectivity index (χ0n) is 19.0. The first kappa shape index (κ1) is 25.5. The number of nitrogens with zero attached hydrogens (tertiary/aromatic N) is 2. The van der Waals surface area contributed by atoms with Crippen molar-refractivity contribution in [3.8, 4) is 5.75 Å². The van der Waals surface area contributed by atoms with Crippen molar-refractivity contribution < 1.29 is 9.53 Å². The molecule has 0 aliphatic heterocycles. The van der Waals surface area contributed by atoms with Gasteiger partial charge in [-0.05, 0) is 58.7 Å². The van der Waals surface area contributed by atoms with Crippen molar-refractivity contribution in [3.05, 3.63) is 77.4 Å². The van der Waals surface area contributed by atoms with Gasteiger partial charge in [0, 0.05) is 39.8 Å². The fraction of sp³-hybridized carbons (Fsp3) is 0.280. The highest BCUT2D eigenvalue weighted by Crippen LogP contribution is 2.21. The molecule has 170 valence electrons. The van der Waals surface area contributed by atoms with Gasteiger partial charge < -0.3 is 20.3 Å². The van der Waals surface area contributed by atoms with Gasteiger partial charge in [-0.1, -0.05) is 30.3 Å². The van der Waals surface area contributed by atoms with Gasteiger partial charge in [0.1, 0.15) is 5.75 Å². The van der Waals surface area contributed by atoms with Crippen molar-refractivity contribution >= 4 is 46.6 Å². The number of ether oxygens (including phenoxy) is 1. The van der Waals surface area contributed by atoms with Crippen LogP contribution in [0.1, 0.15) is 21.5 Å². The smallest absolute Gasteiger partial charge is 0.253 e. The van der Waals surface area contributed by atoms with E-state index in [0.29, 0.717) is 12.1 Å². The third kappa shape index (κ3) is 6.85. The summed E-state index contributed by atoms with van der Waals surface area (Å²) >= 11 is 0. The number of benzene rings is 3. The molecule has 0 aromatic heterocycles. The van der Waals surface area contributed by atoms with Crippen LogP contribution in [-0.2, 0) is 13.0 Å². The van der Waals surface area contributed by atoms with Crippen LogP contribution in [0.25, 0.3) is 10.8 Å². The average molecular weight is 546 g/mol. The first-order valence-electron chi connectivity index (χ1n) is 10.3. The van der Waals surface area contributed by atoms with Crippen molar-refractivity contribution in [2.75, 3.05) is 34.8 Å². The van der Waals surface area contributed by atoms with E-state index in [1.165, 1.54) is 10.9 Å². The molecular formula is C25H31IN4O2. The molecule has 32 heavy (non-hydrogen) atoms. The van der Waals surface area contributed by atoms with E-state index in [9.17, 15) is 4.79 Å². The van der Waals surface area contributed by atoms with Crippen molar-refractivity contribution in [1.82, 2.24) is 15.5 Å². The fourth-order valence-corrected chi connectivity index (χ4v) is 3.36. The minimum Gasteiger partial charge on any atom is -0.497 e. The number of carbonyl (C=O) groups excluding carboxylic acids is 1. The van der Waals surface area contributed by atoms with Gasteiger partial charge in [-0.3, -0.25) is 9.79 Å². The topological polar surface area (TPSA) is 66.0 Å². The lowest BCUT2D eigenvalue weighted by Crippen LogP contribution is -2.37. The number of guanidine groups is 1. The number of halogens is 1. The lowest BCUT2D eigenvalue weighted by atomic mass is 10.1. The van der Waals surface area contributed by atoms with E-state index in [2.05, 4.69) is 39.9 Å². The van der Waals surface area contributed by atoms with Crippen LogP contribution < -0.4 is 15.4 Å². The number of hydrogen-bond donors (Lipinski definition) is 2. The second-order valence-corrected chi connectivity index (χ2v) is 7.55. The Morgan fingerprint density at radius 3 is 2.44 bits per heavy atom. The monoisotopic (exact) mass is 546 g/mol. The van der Waals surface area contributed by atoms with E-state index in [-0.39, 0.29) is 29.9 Å². The molecule has 0 atom stereocenters. The molecule has 6 nitrogen and oxygen atoms in total. The minimum atomic E-state index is 0. The number of fused-ring (bicyclic) bond motifs is 1. The van der Waals surface area contributed by atoms with Gasteiger partial charge in [-0.25, -0.2) is 0 Å². The van der Waals surface area contributed by atoms with Crippen LogP contribution in [0.15, 0.2) is 65.7 Å². The van der Waals surface area contributed by atoms with Gasteiger partial charge in [0.15, 0.2) is 5.96 Å². The molecule has 0 spiro atoms. The Labute approximate surface area is 207 Å². The second-order valence-electron chi connectivity index (χ2n) is 7.55. The Balaban J connectivity index is 0.00000363. The Hall–Kier alpha value is -2.81. The van der Waals surface area contributed by atoms with Crippen LogP contribution in [0.5, 0.6) is 5.75 Å². The average Bonchev–Trinajstić information content (AvgIpc) is 2.80. The molecule has 0 unspecified atom stereocenters. The molecule has 0 radical (unpaired) electrons. The molecule has 3 aromatic rings. The van der Waals surface area contributed by atoms with E-state index >= 15 is 0 Å². The van der Waals surface area contributed by atoms with Crippen LogP contribution in [0, 0.1) is 0 Å². The van der Waals surface area contributed by atoms with E-state index in [4.69, 9.17) is 4.74 Å². The largest absolute Gasteiger partial charge is 0.497 e. The molecule has 0 bridgehead atoms. The Kier molecular flexibility index (Phi) is 9.77. The van der Waals surface area contributed by atoms with E-state index in [1.807, 2.05) is 36.4 Å². The van der Waals surface area contributed by atoms with Gasteiger partial charge in [0.25, 0.3) is 5.91 Å². The highest BCUT2D eigenvalue weighted by molar-refractivity contribution is 14.0. The quantitative estimate of drug-likeness (QED) is 0.267. The zero-order chi connectivity index (χ0) is 22.2. The summed E-state index contributed by atoms with van der Waals surface area (Å²) in [7, 11) is 6.97. The number of aliphatic imine (C=N–C) groups is 1. The molecule has 0 heterocycles. The summed E-state index contributed by atoms with van der Waals surface area (Å²) in [5.41, 5.74) is 3.00. The van der Waals surface area contributed by atoms with Crippen LogP contribution in [0.3, 0.4) is 0 Å². The van der Waals surface area contributed by atoms with Crippen molar-refractivity contribution in [3.63, 3.8) is 0 Å². The Bertz CT molecular complexity index is 1080. The van der Waals surface area contributed by atoms with Crippen LogP contribution in [0.4, 0.5) is 0 Å². The van der Waals surface area contributed by atoms with Gasteiger partial charge in [-0.15, -0.1) is 24.0 Å². The summed E-state index contributed by atoms with van der Waals surface area (Å²) in [5.74, 6) is 1.62. The number of carbonyl (C=O) groups is 1. The lowest BCUT2D eigenvalue weighted by molar-refractivity contribution is 0.0827. The minimum absolute atomic E-state index is 0. The van der Waals surface area contributed by atoms with Crippen molar-refractivity contribution in [2.45, 2.75) is 13.0 Å². The molecule has 0 saturated carbocycles. The molecular weight excluding hydrogens is 515 g/mol. The van der Waals surface area contributed by atoms with Crippen molar-refractivity contribution in [2.24, 2.45) is 4.99 Å². The standard InChI is InChI=1S/C25H30N4O2.HI/c1-26-25(27-13-12-18-6-5-7-22(14-18)24(30)29(2)3)28-17-19-8-9-21-16-23(31-4)11-10-20(21)15-19;/h5-11,14-16H,12-13,17H2,1-4H3,(H2,26,27,28);1H. The third-order valence-corrected chi connectivity index (χ3v) is 5.08. The first-order chi connectivity index (χ1) is 15.0. The number of hydrogen-bond acceptors (Lipinski definition) is 3. The van der Waals surface area contributed by atoms with E-state index in [0.717, 1.165) is 35.6 Å². The predicted octanol–water partition coefficient (Wildman–Crippen LogP) is 4.08. The molecule has 3 aromatic carbocycles. The second kappa shape index (κ2) is 12.3. The molecule has 1 amide bonds. The molecule has 0 aliphatic carbocycles. The predicted molar refractivity (Wildman–Crippen MR) is 142 cm³/mol. The first-order valence-corrected chi connectivity index (χ1v) is 10.3. The zero-order valence-corrected chi connectivity index (χ0v) is 21.3. The molecule has 2 N–H and O–H groups in total. The van der Waals surface area contributed by atoms with Gasteiger partial charge >= 0.3 is 0 Å². The molecule has 3 rings (SSSR count). The normalized spacial score (nSPS) is 10.9. The van der Waals surface area contributed by atoms with Crippen LogP contribution in [0.2, 0.25) is 0 Å². The molecule has 0 fully saturated rings. The maximum Gasteiger partial charge on any atom is 0.253 e.